The van der Waals surface area contributed by atoms with Crippen molar-refractivity contribution in [3.05, 3.63) is 0 Å². The Morgan fingerprint density at radius 1 is 1.36 bits per heavy atom. The van der Waals surface area contributed by atoms with Crippen LogP contribution in [0.25, 0.3) is 0 Å². The molecule has 0 bridgehead atoms. The lowest BCUT2D eigenvalue weighted by Crippen LogP contribution is -2.45. The summed E-state index contributed by atoms with van der Waals surface area (Å²) >= 11 is 0. The van der Waals surface area contributed by atoms with Crippen molar-refractivity contribution in [3.63, 3.8) is 0 Å². The highest BCUT2D eigenvalue weighted by Crippen LogP contribution is 2.10. The smallest absolute Gasteiger partial charge is 0.106 e. The average molecular weight is 198 g/mol. The van der Waals surface area contributed by atoms with Gasteiger partial charge in [-0.1, -0.05) is 0 Å². The van der Waals surface area contributed by atoms with Crippen molar-refractivity contribution in [2.24, 2.45) is 0 Å². The van der Waals surface area contributed by atoms with Crippen LogP contribution in [-0.4, -0.2) is 24.3 Å². The van der Waals surface area contributed by atoms with Gasteiger partial charge in [-0.25, -0.2) is 0 Å². The standard InChI is InChI=1S/C11H22N2O/c1-9(2)13-11(5,8-12)6-7-14-10(3)4/h9-10,13H,6-7H2,1-5H3. The van der Waals surface area contributed by atoms with E-state index in [1.54, 1.807) is 0 Å². The van der Waals surface area contributed by atoms with Gasteiger partial charge in [-0.3, -0.25) is 5.32 Å². The summed E-state index contributed by atoms with van der Waals surface area (Å²) in [7, 11) is 0. The van der Waals surface area contributed by atoms with Gasteiger partial charge in [0, 0.05) is 19.1 Å². The summed E-state index contributed by atoms with van der Waals surface area (Å²) in [6.45, 7) is 10.6. The fraction of sp³-hybridized carbons (Fsp3) is 0.909. The molecule has 0 aliphatic heterocycles. The molecule has 82 valence electrons. The normalized spacial score (nSPS) is 15.6. The molecule has 0 aromatic rings. The Labute approximate surface area is 87.4 Å². The van der Waals surface area contributed by atoms with Gasteiger partial charge in [0.2, 0.25) is 0 Å². The number of rotatable bonds is 6. The van der Waals surface area contributed by atoms with Crippen molar-refractivity contribution in [1.29, 1.82) is 5.26 Å². The van der Waals surface area contributed by atoms with Crippen LogP contribution in [0.1, 0.15) is 41.0 Å². The van der Waals surface area contributed by atoms with Gasteiger partial charge in [-0.2, -0.15) is 5.26 Å². The Morgan fingerprint density at radius 3 is 2.29 bits per heavy atom. The second kappa shape index (κ2) is 6.00. The van der Waals surface area contributed by atoms with Crippen molar-refractivity contribution < 1.29 is 4.74 Å². The van der Waals surface area contributed by atoms with E-state index in [2.05, 4.69) is 11.4 Å². The highest BCUT2D eigenvalue weighted by Gasteiger charge is 2.23. The highest BCUT2D eigenvalue weighted by molar-refractivity contribution is 5.04. The maximum absolute atomic E-state index is 9.03. The van der Waals surface area contributed by atoms with E-state index in [0.29, 0.717) is 12.6 Å². The summed E-state index contributed by atoms with van der Waals surface area (Å²) in [5.41, 5.74) is -0.469. The molecule has 14 heavy (non-hydrogen) atoms. The summed E-state index contributed by atoms with van der Waals surface area (Å²) < 4.78 is 5.43. The minimum absolute atomic E-state index is 0.233. The van der Waals surface area contributed by atoms with Crippen LogP contribution < -0.4 is 5.32 Å². The molecular formula is C11H22N2O. The maximum Gasteiger partial charge on any atom is 0.106 e. The minimum Gasteiger partial charge on any atom is -0.379 e. The fourth-order valence-corrected chi connectivity index (χ4v) is 1.30. The first kappa shape index (κ1) is 13.4. The lowest BCUT2D eigenvalue weighted by atomic mass is 9.99. The Bertz CT molecular complexity index is 196. The third-order valence-corrected chi connectivity index (χ3v) is 1.91. The Morgan fingerprint density at radius 2 is 1.93 bits per heavy atom. The summed E-state index contributed by atoms with van der Waals surface area (Å²) in [5.74, 6) is 0. The van der Waals surface area contributed by atoms with Gasteiger partial charge in [0.15, 0.2) is 0 Å². The molecular weight excluding hydrogens is 176 g/mol. The monoisotopic (exact) mass is 198 g/mol. The molecule has 3 nitrogen and oxygen atoms in total. The van der Waals surface area contributed by atoms with Crippen molar-refractivity contribution >= 4 is 0 Å². The molecule has 0 spiro atoms. The van der Waals surface area contributed by atoms with Crippen LogP contribution in [0.3, 0.4) is 0 Å². The lowest BCUT2D eigenvalue weighted by molar-refractivity contribution is 0.0668. The van der Waals surface area contributed by atoms with Crippen LogP contribution in [0.4, 0.5) is 0 Å². The molecule has 0 saturated carbocycles. The summed E-state index contributed by atoms with van der Waals surface area (Å²) in [6, 6.07) is 2.61. The number of hydrogen-bond acceptors (Lipinski definition) is 3. The first-order chi connectivity index (χ1) is 6.39. The molecule has 1 atom stereocenters. The van der Waals surface area contributed by atoms with Crippen LogP contribution in [0.5, 0.6) is 0 Å². The van der Waals surface area contributed by atoms with Gasteiger partial charge in [0.1, 0.15) is 5.54 Å². The Kier molecular flexibility index (Phi) is 5.75. The number of nitrogens with zero attached hydrogens (tertiary/aromatic N) is 1. The molecule has 0 radical (unpaired) electrons. The van der Waals surface area contributed by atoms with Gasteiger partial charge >= 0.3 is 0 Å². The van der Waals surface area contributed by atoms with Gasteiger partial charge in [0.25, 0.3) is 0 Å². The van der Waals surface area contributed by atoms with E-state index in [9.17, 15) is 0 Å². The molecule has 0 aromatic heterocycles. The SMILES string of the molecule is CC(C)NC(C)(C#N)CCOC(C)C. The van der Waals surface area contributed by atoms with Crippen LogP contribution in [0.15, 0.2) is 0 Å². The van der Waals surface area contributed by atoms with E-state index in [0.717, 1.165) is 6.42 Å². The zero-order valence-corrected chi connectivity index (χ0v) is 9.92. The topological polar surface area (TPSA) is 45.0 Å². The Balaban J connectivity index is 3.95. The predicted molar refractivity (Wildman–Crippen MR) is 58.0 cm³/mol. The third kappa shape index (κ3) is 5.95. The van der Waals surface area contributed by atoms with Gasteiger partial charge in [0.05, 0.1) is 12.2 Å². The van der Waals surface area contributed by atoms with Crippen LogP contribution in [0.2, 0.25) is 0 Å². The van der Waals surface area contributed by atoms with Crippen LogP contribution >= 0.6 is 0 Å². The summed E-state index contributed by atoms with van der Waals surface area (Å²) in [5, 5.41) is 12.3. The second-order valence-corrected chi connectivity index (χ2v) is 4.41. The zero-order valence-electron chi connectivity index (χ0n) is 9.92. The molecule has 0 aliphatic carbocycles. The van der Waals surface area contributed by atoms with Gasteiger partial charge < -0.3 is 4.74 Å². The van der Waals surface area contributed by atoms with Crippen molar-refractivity contribution in [2.75, 3.05) is 6.61 Å². The largest absolute Gasteiger partial charge is 0.379 e. The van der Waals surface area contributed by atoms with Crippen LogP contribution in [0, 0.1) is 11.3 Å². The van der Waals surface area contributed by atoms with Gasteiger partial charge in [-0.05, 0) is 34.6 Å². The first-order valence-corrected chi connectivity index (χ1v) is 5.20. The van der Waals surface area contributed by atoms with Gasteiger partial charge in [-0.15, -0.1) is 0 Å². The zero-order chi connectivity index (χ0) is 11.2. The first-order valence-electron chi connectivity index (χ1n) is 5.20. The number of nitrogens with one attached hydrogen (secondary N) is 1. The summed E-state index contributed by atoms with van der Waals surface area (Å²) in [4.78, 5) is 0. The average Bonchev–Trinajstić information content (AvgIpc) is 2.02. The number of nitriles is 1. The maximum atomic E-state index is 9.03. The number of ether oxygens (including phenoxy) is 1. The third-order valence-electron chi connectivity index (χ3n) is 1.91. The molecule has 1 unspecified atom stereocenters. The van der Waals surface area contributed by atoms with E-state index in [-0.39, 0.29) is 6.10 Å². The molecule has 0 aromatic carbocycles. The van der Waals surface area contributed by atoms with Crippen molar-refractivity contribution in [1.82, 2.24) is 5.32 Å². The Hall–Kier alpha value is -0.590. The van der Waals surface area contributed by atoms with E-state index in [1.165, 1.54) is 0 Å². The predicted octanol–water partition coefficient (Wildman–Crippen LogP) is 2.08. The quantitative estimate of drug-likeness (QED) is 0.710. The molecule has 0 rings (SSSR count). The van der Waals surface area contributed by atoms with Crippen molar-refractivity contribution in [2.45, 2.75) is 58.7 Å². The fourth-order valence-electron chi connectivity index (χ4n) is 1.30. The molecule has 0 aliphatic rings. The lowest BCUT2D eigenvalue weighted by Gasteiger charge is -2.26. The summed E-state index contributed by atoms with van der Waals surface area (Å²) in [6.07, 6.45) is 0.955. The minimum atomic E-state index is -0.469. The highest BCUT2D eigenvalue weighted by atomic mass is 16.5. The molecule has 0 saturated heterocycles. The van der Waals surface area contributed by atoms with E-state index in [4.69, 9.17) is 10.00 Å². The molecule has 0 fully saturated rings. The molecule has 1 N–H and O–H groups in total. The molecule has 0 amide bonds. The number of hydrogen-bond donors (Lipinski definition) is 1. The van der Waals surface area contributed by atoms with E-state index in [1.807, 2.05) is 34.6 Å². The van der Waals surface area contributed by atoms with E-state index >= 15 is 0 Å². The van der Waals surface area contributed by atoms with Crippen molar-refractivity contribution in [3.8, 4) is 6.07 Å². The molecule has 3 heteroatoms. The van der Waals surface area contributed by atoms with E-state index < -0.39 is 5.54 Å². The second-order valence-electron chi connectivity index (χ2n) is 4.41. The molecule has 0 heterocycles. The van der Waals surface area contributed by atoms with Crippen LogP contribution in [-0.2, 0) is 4.74 Å².